The number of alkyl halides is 2. The standard InChI is InChI=1S/C12H24Br2O/c1-3-11(5-7-13)9-15-10-12(4-2)6-8-14/h11-12H,3-10H2,1-2H3. The second-order valence-corrected chi connectivity index (χ2v) is 5.63. The molecule has 0 radical (unpaired) electrons. The predicted octanol–water partition coefficient (Wildman–Crippen LogP) is 4.63. The molecule has 1 nitrogen and oxygen atoms in total. The number of ether oxygens (including phenoxy) is 1. The van der Waals surface area contributed by atoms with E-state index in [0.717, 1.165) is 35.7 Å². The summed E-state index contributed by atoms with van der Waals surface area (Å²) in [6.45, 7) is 6.35. The minimum absolute atomic E-state index is 0.728. The van der Waals surface area contributed by atoms with Gasteiger partial charge in [-0.25, -0.2) is 0 Å². The van der Waals surface area contributed by atoms with E-state index in [-0.39, 0.29) is 0 Å². The van der Waals surface area contributed by atoms with Gasteiger partial charge in [-0.2, -0.15) is 0 Å². The average molecular weight is 344 g/mol. The lowest BCUT2D eigenvalue weighted by molar-refractivity contribution is 0.0675. The highest BCUT2D eigenvalue weighted by atomic mass is 79.9. The van der Waals surface area contributed by atoms with Crippen LogP contribution in [0.15, 0.2) is 0 Å². The first-order valence-corrected chi connectivity index (χ1v) is 8.22. The van der Waals surface area contributed by atoms with Crippen molar-refractivity contribution < 1.29 is 4.74 Å². The Kier molecular flexibility index (Phi) is 12.1. The third kappa shape index (κ3) is 8.70. The number of hydrogen-bond donors (Lipinski definition) is 0. The predicted molar refractivity (Wildman–Crippen MR) is 75.2 cm³/mol. The highest BCUT2D eigenvalue weighted by molar-refractivity contribution is 9.09. The van der Waals surface area contributed by atoms with E-state index in [0.29, 0.717) is 0 Å². The molecule has 0 heterocycles. The van der Waals surface area contributed by atoms with Crippen LogP contribution in [0.5, 0.6) is 0 Å². The topological polar surface area (TPSA) is 9.23 Å². The van der Waals surface area contributed by atoms with E-state index in [1.807, 2.05) is 0 Å². The SMILES string of the molecule is CCC(CCBr)COCC(CC)CCBr. The molecular weight excluding hydrogens is 320 g/mol. The summed E-state index contributed by atoms with van der Waals surface area (Å²) in [6.07, 6.45) is 4.90. The minimum atomic E-state index is 0.728. The maximum Gasteiger partial charge on any atom is 0.0494 e. The van der Waals surface area contributed by atoms with Crippen molar-refractivity contribution in [3.63, 3.8) is 0 Å². The van der Waals surface area contributed by atoms with Crippen LogP contribution in [0.2, 0.25) is 0 Å². The Morgan fingerprint density at radius 1 is 0.867 bits per heavy atom. The Labute approximate surface area is 112 Å². The van der Waals surface area contributed by atoms with Crippen LogP contribution in [0, 0.1) is 11.8 Å². The summed E-state index contributed by atoms with van der Waals surface area (Å²) in [6, 6.07) is 0. The Morgan fingerprint density at radius 2 is 1.27 bits per heavy atom. The summed E-state index contributed by atoms with van der Waals surface area (Å²) in [7, 11) is 0. The summed E-state index contributed by atoms with van der Waals surface area (Å²) in [4.78, 5) is 0. The van der Waals surface area contributed by atoms with Crippen molar-refractivity contribution in [2.24, 2.45) is 11.8 Å². The molecule has 0 aliphatic rings. The van der Waals surface area contributed by atoms with E-state index in [1.54, 1.807) is 0 Å². The highest BCUT2D eigenvalue weighted by Gasteiger charge is 2.09. The summed E-state index contributed by atoms with van der Waals surface area (Å²) >= 11 is 6.98. The van der Waals surface area contributed by atoms with Crippen LogP contribution in [0.1, 0.15) is 39.5 Å². The van der Waals surface area contributed by atoms with Crippen molar-refractivity contribution in [2.45, 2.75) is 39.5 Å². The summed E-state index contributed by atoms with van der Waals surface area (Å²) in [5, 5.41) is 2.18. The number of rotatable bonds is 10. The molecule has 0 spiro atoms. The van der Waals surface area contributed by atoms with Gasteiger partial charge in [0.15, 0.2) is 0 Å². The molecule has 0 aromatic heterocycles. The molecule has 2 atom stereocenters. The fraction of sp³-hybridized carbons (Fsp3) is 1.00. The summed E-state index contributed by atoms with van der Waals surface area (Å²) in [5.41, 5.74) is 0. The van der Waals surface area contributed by atoms with Gasteiger partial charge in [0.1, 0.15) is 0 Å². The minimum Gasteiger partial charge on any atom is -0.381 e. The Bertz CT molecular complexity index is 117. The van der Waals surface area contributed by atoms with Crippen molar-refractivity contribution in [1.29, 1.82) is 0 Å². The summed E-state index contributed by atoms with van der Waals surface area (Å²) < 4.78 is 5.80. The zero-order chi connectivity index (χ0) is 11.5. The fourth-order valence-electron chi connectivity index (χ4n) is 1.52. The zero-order valence-corrected chi connectivity index (χ0v) is 13.1. The molecule has 0 bridgehead atoms. The van der Waals surface area contributed by atoms with E-state index >= 15 is 0 Å². The lowest BCUT2D eigenvalue weighted by Gasteiger charge is -2.17. The molecule has 15 heavy (non-hydrogen) atoms. The molecule has 0 saturated carbocycles. The van der Waals surface area contributed by atoms with Gasteiger partial charge in [0.2, 0.25) is 0 Å². The van der Waals surface area contributed by atoms with Crippen LogP contribution in [0.3, 0.4) is 0 Å². The molecule has 0 fully saturated rings. The van der Waals surface area contributed by atoms with Gasteiger partial charge in [-0.15, -0.1) is 0 Å². The van der Waals surface area contributed by atoms with Gasteiger partial charge >= 0.3 is 0 Å². The van der Waals surface area contributed by atoms with Crippen LogP contribution >= 0.6 is 31.9 Å². The maximum absolute atomic E-state index is 5.80. The quantitative estimate of drug-likeness (QED) is 0.525. The third-order valence-corrected chi connectivity index (χ3v) is 3.81. The first-order valence-electron chi connectivity index (χ1n) is 5.98. The molecule has 3 heteroatoms. The molecule has 0 aromatic rings. The third-order valence-electron chi connectivity index (χ3n) is 2.90. The van der Waals surface area contributed by atoms with E-state index in [2.05, 4.69) is 45.7 Å². The van der Waals surface area contributed by atoms with Crippen LogP contribution < -0.4 is 0 Å². The molecule has 0 aliphatic carbocycles. The second kappa shape index (κ2) is 11.4. The zero-order valence-electron chi connectivity index (χ0n) is 9.98. The lowest BCUT2D eigenvalue weighted by Crippen LogP contribution is -2.15. The van der Waals surface area contributed by atoms with E-state index in [4.69, 9.17) is 4.74 Å². The van der Waals surface area contributed by atoms with Gasteiger partial charge in [-0.3, -0.25) is 0 Å². The number of halogens is 2. The smallest absolute Gasteiger partial charge is 0.0494 e. The van der Waals surface area contributed by atoms with Crippen molar-refractivity contribution in [3.8, 4) is 0 Å². The van der Waals surface area contributed by atoms with Gasteiger partial charge in [0, 0.05) is 23.9 Å². The van der Waals surface area contributed by atoms with E-state index < -0.39 is 0 Å². The second-order valence-electron chi connectivity index (χ2n) is 4.04. The largest absolute Gasteiger partial charge is 0.381 e. The molecule has 92 valence electrons. The van der Waals surface area contributed by atoms with Gasteiger partial charge < -0.3 is 4.74 Å². The maximum atomic E-state index is 5.80. The van der Waals surface area contributed by atoms with Gasteiger partial charge in [-0.1, -0.05) is 58.5 Å². The van der Waals surface area contributed by atoms with Crippen molar-refractivity contribution in [3.05, 3.63) is 0 Å². The van der Waals surface area contributed by atoms with Crippen molar-refractivity contribution in [2.75, 3.05) is 23.9 Å². The molecule has 0 saturated heterocycles. The Morgan fingerprint density at radius 3 is 1.53 bits per heavy atom. The van der Waals surface area contributed by atoms with Crippen molar-refractivity contribution >= 4 is 31.9 Å². The molecular formula is C12H24Br2O. The first kappa shape index (κ1) is 15.9. The lowest BCUT2D eigenvalue weighted by atomic mass is 10.0. The van der Waals surface area contributed by atoms with Gasteiger partial charge in [-0.05, 0) is 24.7 Å². The molecule has 0 aromatic carbocycles. The Balaban J connectivity index is 3.55. The van der Waals surface area contributed by atoms with Crippen LogP contribution in [-0.4, -0.2) is 23.9 Å². The van der Waals surface area contributed by atoms with Crippen LogP contribution in [-0.2, 0) is 4.74 Å². The molecule has 0 N–H and O–H groups in total. The molecule has 0 aliphatic heterocycles. The Hall–Kier alpha value is 0.920. The van der Waals surface area contributed by atoms with Gasteiger partial charge in [0.25, 0.3) is 0 Å². The summed E-state index contributed by atoms with van der Waals surface area (Å²) in [5.74, 6) is 1.46. The monoisotopic (exact) mass is 342 g/mol. The molecule has 0 amide bonds. The van der Waals surface area contributed by atoms with Crippen LogP contribution in [0.25, 0.3) is 0 Å². The molecule has 2 unspecified atom stereocenters. The normalized spacial score (nSPS) is 15.2. The molecule has 0 rings (SSSR count). The van der Waals surface area contributed by atoms with Crippen molar-refractivity contribution in [1.82, 2.24) is 0 Å². The van der Waals surface area contributed by atoms with E-state index in [1.165, 1.54) is 25.7 Å². The van der Waals surface area contributed by atoms with Gasteiger partial charge in [0.05, 0.1) is 0 Å². The number of hydrogen-bond acceptors (Lipinski definition) is 1. The van der Waals surface area contributed by atoms with Crippen LogP contribution in [0.4, 0.5) is 0 Å². The first-order chi connectivity index (χ1) is 7.28. The van der Waals surface area contributed by atoms with E-state index in [9.17, 15) is 0 Å². The fourth-order valence-corrected chi connectivity index (χ4v) is 2.82. The highest BCUT2D eigenvalue weighted by Crippen LogP contribution is 2.14. The average Bonchev–Trinajstić information content (AvgIpc) is 2.26.